The fraction of sp³-hybridized carbons (Fsp3) is 0.900. The van der Waals surface area contributed by atoms with Crippen molar-refractivity contribution in [3.63, 3.8) is 0 Å². The van der Waals surface area contributed by atoms with Crippen LogP contribution in [0.1, 0.15) is 0 Å². The van der Waals surface area contributed by atoms with Crippen molar-refractivity contribution in [3.05, 3.63) is 0 Å². The van der Waals surface area contributed by atoms with Crippen LogP contribution in [0.5, 0.6) is 0 Å². The average molecular weight is 469 g/mol. The van der Waals surface area contributed by atoms with Crippen molar-refractivity contribution in [1.82, 2.24) is 10.6 Å². The normalized spacial score (nSPS) is 10.9. The Morgan fingerprint density at radius 2 is 1.06 bits per heavy atom. The fourth-order valence-corrected chi connectivity index (χ4v) is 2.02. The third-order valence-electron chi connectivity index (χ3n) is 3.65. The van der Waals surface area contributed by atoms with E-state index in [0.717, 1.165) is 0 Å². The molecule has 0 radical (unpaired) electrons. The first-order chi connectivity index (χ1) is 15.7. The van der Waals surface area contributed by atoms with Crippen molar-refractivity contribution < 1.29 is 47.5 Å². The van der Waals surface area contributed by atoms with Crippen LogP contribution in [0.2, 0.25) is 0 Å². The molecule has 0 rings (SSSR count). The van der Waals surface area contributed by atoms with Crippen LogP contribution in [0.25, 0.3) is 0 Å². The predicted octanol–water partition coefficient (Wildman–Crippen LogP) is -1.39. The minimum atomic E-state index is -0.409. The Labute approximate surface area is 190 Å². The lowest BCUT2D eigenvalue weighted by Gasteiger charge is -2.09. The van der Waals surface area contributed by atoms with Crippen LogP contribution in [-0.2, 0) is 47.5 Å². The summed E-state index contributed by atoms with van der Waals surface area (Å²) in [6, 6.07) is 0. The molecule has 0 unspecified atom stereocenters. The molecule has 0 saturated carbocycles. The average Bonchev–Trinajstić information content (AvgIpc) is 2.80. The van der Waals surface area contributed by atoms with Crippen molar-refractivity contribution in [2.75, 3.05) is 120 Å². The number of nitrogens with one attached hydrogen (secondary N) is 2. The van der Waals surface area contributed by atoms with Gasteiger partial charge in [0.1, 0.15) is 13.2 Å². The highest BCUT2D eigenvalue weighted by Gasteiger charge is 2.01. The van der Waals surface area contributed by atoms with Gasteiger partial charge in [-0.3, -0.25) is 4.79 Å². The van der Waals surface area contributed by atoms with E-state index in [9.17, 15) is 9.59 Å². The number of hydrogen-bond donors (Lipinski definition) is 2. The second kappa shape index (κ2) is 25.9. The molecular formula is C20H40N2O10. The molecular weight excluding hydrogens is 428 g/mol. The van der Waals surface area contributed by atoms with Crippen LogP contribution in [0.4, 0.5) is 0 Å². The minimum Gasteiger partial charge on any atom is -0.467 e. The quantitative estimate of drug-likeness (QED) is 0.121. The Morgan fingerprint density at radius 1 is 0.562 bits per heavy atom. The summed E-state index contributed by atoms with van der Waals surface area (Å²) < 4.78 is 40.9. The lowest BCUT2D eigenvalue weighted by molar-refractivity contribution is -0.146. The van der Waals surface area contributed by atoms with Crippen LogP contribution in [0.15, 0.2) is 0 Å². The Hall–Kier alpha value is -1.38. The van der Waals surface area contributed by atoms with E-state index in [1.165, 1.54) is 7.11 Å². The second-order valence-electron chi connectivity index (χ2n) is 6.22. The van der Waals surface area contributed by atoms with E-state index in [1.54, 1.807) is 7.11 Å². The molecule has 0 aromatic heterocycles. The van der Waals surface area contributed by atoms with Crippen molar-refractivity contribution in [2.45, 2.75) is 0 Å². The molecule has 2 N–H and O–H groups in total. The van der Waals surface area contributed by atoms with Crippen LogP contribution in [0, 0.1) is 0 Å². The van der Waals surface area contributed by atoms with Gasteiger partial charge in [-0.15, -0.1) is 0 Å². The van der Waals surface area contributed by atoms with Crippen LogP contribution in [-0.4, -0.2) is 132 Å². The summed E-state index contributed by atoms with van der Waals surface area (Å²) in [5, 5.41) is 6.05. The molecule has 12 heteroatoms. The molecule has 0 aliphatic rings. The van der Waals surface area contributed by atoms with E-state index >= 15 is 0 Å². The molecule has 0 aromatic rings. The first kappa shape index (κ1) is 30.6. The van der Waals surface area contributed by atoms with E-state index in [0.29, 0.717) is 92.3 Å². The summed E-state index contributed by atoms with van der Waals surface area (Å²) in [5.74, 6) is -0.691. The molecule has 0 amide bonds. The maximum absolute atomic E-state index is 11.4. The van der Waals surface area contributed by atoms with E-state index in [1.807, 2.05) is 0 Å². The topological polar surface area (TPSA) is 132 Å². The van der Waals surface area contributed by atoms with Gasteiger partial charge in [-0.05, 0) is 0 Å². The van der Waals surface area contributed by atoms with Crippen molar-refractivity contribution in [3.8, 4) is 0 Å². The Balaban J connectivity index is 3.10. The Bertz CT molecular complexity index is 429. The lowest BCUT2D eigenvalue weighted by atomic mass is 10.5. The maximum Gasteiger partial charge on any atom is 0.331 e. The summed E-state index contributed by atoms with van der Waals surface area (Å²) >= 11 is 0. The molecule has 0 aliphatic carbocycles. The summed E-state index contributed by atoms with van der Waals surface area (Å²) in [7, 11) is 2.92. The Morgan fingerprint density at radius 3 is 1.62 bits per heavy atom. The zero-order valence-electron chi connectivity index (χ0n) is 19.4. The standard InChI is InChI=1S/C20H40N2O10/c1-25-6-3-22-17-19(23)32-8-5-21-4-7-27-9-10-28-11-12-29-13-14-30-15-16-31-18-20(24)26-2/h21-22H,3-18H2,1-2H3. The zero-order chi connectivity index (χ0) is 23.5. The number of carbonyl (C=O) groups is 2. The maximum atomic E-state index is 11.4. The zero-order valence-corrected chi connectivity index (χ0v) is 19.4. The molecule has 0 aromatic carbocycles. The molecule has 32 heavy (non-hydrogen) atoms. The van der Waals surface area contributed by atoms with Gasteiger partial charge >= 0.3 is 11.9 Å². The number of methoxy groups -OCH3 is 2. The minimum absolute atomic E-state index is 0.0700. The molecule has 190 valence electrons. The largest absolute Gasteiger partial charge is 0.467 e. The lowest BCUT2D eigenvalue weighted by Crippen LogP contribution is -2.30. The second-order valence-corrected chi connectivity index (χ2v) is 6.22. The number of esters is 2. The van der Waals surface area contributed by atoms with Crippen molar-refractivity contribution in [1.29, 1.82) is 0 Å². The van der Waals surface area contributed by atoms with E-state index in [-0.39, 0.29) is 19.1 Å². The highest BCUT2D eigenvalue weighted by molar-refractivity contribution is 5.71. The van der Waals surface area contributed by atoms with Gasteiger partial charge in [-0.25, -0.2) is 4.79 Å². The van der Waals surface area contributed by atoms with Gasteiger partial charge in [0.25, 0.3) is 0 Å². The van der Waals surface area contributed by atoms with Crippen LogP contribution < -0.4 is 10.6 Å². The molecule has 0 atom stereocenters. The summed E-state index contributed by atoms with van der Waals surface area (Å²) in [6.07, 6.45) is 0. The summed E-state index contributed by atoms with van der Waals surface area (Å²) in [4.78, 5) is 22.2. The van der Waals surface area contributed by atoms with Gasteiger partial charge in [-0.2, -0.15) is 0 Å². The van der Waals surface area contributed by atoms with Gasteiger partial charge < -0.3 is 48.5 Å². The molecule has 0 aliphatic heterocycles. The van der Waals surface area contributed by atoms with Gasteiger partial charge in [0.2, 0.25) is 0 Å². The predicted molar refractivity (Wildman–Crippen MR) is 115 cm³/mol. The fourth-order valence-electron chi connectivity index (χ4n) is 2.02. The SMILES string of the molecule is COCCNCC(=O)OCCNCCOCCOCCOCCOCCOCC(=O)OC. The highest BCUT2D eigenvalue weighted by atomic mass is 16.6. The summed E-state index contributed by atoms with van der Waals surface area (Å²) in [5.41, 5.74) is 0. The molecule has 0 heterocycles. The highest BCUT2D eigenvalue weighted by Crippen LogP contribution is 1.85. The number of hydrogen-bond acceptors (Lipinski definition) is 12. The third kappa shape index (κ3) is 24.9. The van der Waals surface area contributed by atoms with Crippen LogP contribution >= 0.6 is 0 Å². The van der Waals surface area contributed by atoms with Gasteiger partial charge in [0.05, 0.1) is 79.7 Å². The van der Waals surface area contributed by atoms with Crippen molar-refractivity contribution >= 4 is 11.9 Å². The van der Waals surface area contributed by atoms with E-state index in [4.69, 9.17) is 33.2 Å². The number of ether oxygens (including phenoxy) is 8. The monoisotopic (exact) mass is 468 g/mol. The van der Waals surface area contributed by atoms with Gasteiger partial charge in [0.15, 0.2) is 0 Å². The molecule has 0 spiro atoms. The third-order valence-corrected chi connectivity index (χ3v) is 3.65. The van der Waals surface area contributed by atoms with E-state index in [2.05, 4.69) is 15.4 Å². The summed E-state index contributed by atoms with van der Waals surface area (Å²) in [6.45, 7) is 6.97. The molecule has 0 saturated heterocycles. The molecule has 0 bridgehead atoms. The Kier molecular flexibility index (Phi) is 24.8. The van der Waals surface area contributed by atoms with Crippen molar-refractivity contribution in [2.24, 2.45) is 0 Å². The van der Waals surface area contributed by atoms with Crippen LogP contribution in [0.3, 0.4) is 0 Å². The smallest absolute Gasteiger partial charge is 0.331 e. The van der Waals surface area contributed by atoms with E-state index < -0.39 is 5.97 Å². The number of rotatable bonds is 25. The first-order valence-electron chi connectivity index (χ1n) is 10.7. The number of carbonyl (C=O) groups excluding carboxylic acids is 2. The van der Waals surface area contributed by atoms with Gasteiger partial charge in [-0.1, -0.05) is 0 Å². The van der Waals surface area contributed by atoms with Gasteiger partial charge in [0, 0.05) is 26.7 Å². The molecule has 12 nitrogen and oxygen atoms in total. The first-order valence-corrected chi connectivity index (χ1v) is 10.7. The molecule has 0 fully saturated rings.